The van der Waals surface area contributed by atoms with Crippen LogP contribution in [0.5, 0.6) is 5.75 Å². The van der Waals surface area contributed by atoms with E-state index >= 15 is 0 Å². The first kappa shape index (κ1) is 22.2. The van der Waals surface area contributed by atoms with E-state index in [0.29, 0.717) is 26.1 Å². The van der Waals surface area contributed by atoms with Gasteiger partial charge in [0.1, 0.15) is 24.0 Å². The fourth-order valence-electron chi connectivity index (χ4n) is 4.91. The molecule has 1 aromatic heterocycles. The lowest BCUT2D eigenvalue weighted by Crippen LogP contribution is -2.28. The van der Waals surface area contributed by atoms with Crippen LogP contribution in [-0.2, 0) is 19.4 Å². The van der Waals surface area contributed by atoms with Gasteiger partial charge in [0, 0.05) is 42.4 Å². The van der Waals surface area contributed by atoms with E-state index in [1.165, 1.54) is 17.7 Å². The highest BCUT2D eigenvalue weighted by Gasteiger charge is 2.22. The molecule has 0 aliphatic carbocycles. The minimum atomic E-state index is -0.253. The molecule has 0 radical (unpaired) electrons. The Hall–Kier alpha value is -4.26. The van der Waals surface area contributed by atoms with E-state index in [2.05, 4.69) is 50.2 Å². The summed E-state index contributed by atoms with van der Waals surface area (Å²) in [5, 5.41) is 0. The first-order valence-corrected chi connectivity index (χ1v) is 12.1. The van der Waals surface area contributed by atoms with Crippen molar-refractivity contribution in [2.45, 2.75) is 26.3 Å². The second-order valence-corrected chi connectivity index (χ2v) is 9.22. The Balaban J connectivity index is 1.35. The van der Waals surface area contributed by atoms with Crippen LogP contribution >= 0.6 is 0 Å². The number of hydrogen-bond acceptors (Lipinski definition) is 6. The SMILES string of the molecule is Cc1nc(N)nc(N2CCOc3ccc(-c4ccc5c(c4)N=CC5)cc3C2)c1Cc1ccc(F)cc1. The Morgan fingerprint density at radius 3 is 2.64 bits per heavy atom. The zero-order valence-electron chi connectivity index (χ0n) is 20.0. The van der Waals surface area contributed by atoms with Gasteiger partial charge in [0.2, 0.25) is 5.95 Å². The number of aromatic nitrogens is 2. The molecule has 0 spiro atoms. The Morgan fingerprint density at radius 1 is 0.972 bits per heavy atom. The van der Waals surface area contributed by atoms with E-state index in [0.717, 1.165) is 57.2 Å². The van der Waals surface area contributed by atoms with Crippen molar-refractivity contribution in [2.24, 2.45) is 4.99 Å². The molecule has 3 heterocycles. The van der Waals surface area contributed by atoms with E-state index in [-0.39, 0.29) is 11.8 Å². The standard InChI is InChI=1S/C29H26FN5O/c1-18-25(14-19-2-7-24(30)8-3-19)28(34-29(31)33-18)35-12-13-36-27-9-6-21(15-23(27)17-35)22-5-4-20-10-11-32-26(20)16-22/h2-9,11,15-16H,10,12-14,17H2,1H3,(H2,31,33,34). The lowest BCUT2D eigenvalue weighted by molar-refractivity contribution is 0.331. The summed E-state index contributed by atoms with van der Waals surface area (Å²) in [5.74, 6) is 1.65. The minimum Gasteiger partial charge on any atom is -0.491 e. The fraction of sp³-hybridized carbons (Fsp3) is 0.207. The number of ether oxygens (including phenoxy) is 1. The van der Waals surface area contributed by atoms with Gasteiger partial charge in [0.25, 0.3) is 0 Å². The van der Waals surface area contributed by atoms with Gasteiger partial charge in [-0.25, -0.2) is 9.37 Å². The summed E-state index contributed by atoms with van der Waals surface area (Å²) in [6, 6.07) is 19.3. The van der Waals surface area contributed by atoms with Gasteiger partial charge >= 0.3 is 0 Å². The monoisotopic (exact) mass is 479 g/mol. The van der Waals surface area contributed by atoms with E-state index < -0.39 is 0 Å². The second kappa shape index (κ2) is 9.07. The van der Waals surface area contributed by atoms with Gasteiger partial charge in [-0.2, -0.15) is 4.98 Å². The van der Waals surface area contributed by atoms with Gasteiger partial charge < -0.3 is 15.4 Å². The zero-order valence-corrected chi connectivity index (χ0v) is 20.0. The maximum Gasteiger partial charge on any atom is 0.222 e. The molecule has 0 amide bonds. The number of fused-ring (bicyclic) bond motifs is 2. The summed E-state index contributed by atoms with van der Waals surface area (Å²) in [5.41, 5.74) is 14.5. The van der Waals surface area contributed by atoms with E-state index in [1.807, 2.05) is 19.2 Å². The average molecular weight is 480 g/mol. The maximum absolute atomic E-state index is 13.5. The largest absolute Gasteiger partial charge is 0.491 e. The van der Waals surface area contributed by atoms with Gasteiger partial charge in [-0.05, 0) is 59.5 Å². The number of benzene rings is 3. The average Bonchev–Trinajstić information content (AvgIpc) is 3.24. The van der Waals surface area contributed by atoms with Crippen molar-refractivity contribution >= 4 is 23.7 Å². The van der Waals surface area contributed by atoms with Crippen molar-refractivity contribution in [1.82, 2.24) is 9.97 Å². The molecule has 4 aromatic rings. The number of nitrogens with zero attached hydrogens (tertiary/aromatic N) is 4. The lowest BCUT2D eigenvalue weighted by atomic mass is 9.99. The number of hydrogen-bond donors (Lipinski definition) is 1. The van der Waals surface area contributed by atoms with Crippen molar-refractivity contribution < 1.29 is 9.13 Å². The summed E-state index contributed by atoms with van der Waals surface area (Å²) >= 11 is 0. The van der Waals surface area contributed by atoms with E-state index in [1.54, 1.807) is 12.1 Å². The highest BCUT2D eigenvalue weighted by molar-refractivity contribution is 5.79. The summed E-state index contributed by atoms with van der Waals surface area (Å²) in [6.07, 6.45) is 3.43. The lowest BCUT2D eigenvalue weighted by Gasteiger charge is -2.25. The number of nitrogen functional groups attached to an aromatic ring is 1. The van der Waals surface area contributed by atoms with Crippen LogP contribution in [-0.4, -0.2) is 29.3 Å². The van der Waals surface area contributed by atoms with Gasteiger partial charge in [-0.15, -0.1) is 0 Å². The van der Waals surface area contributed by atoms with Crippen molar-refractivity contribution in [3.05, 3.63) is 94.4 Å². The fourth-order valence-corrected chi connectivity index (χ4v) is 4.91. The molecule has 6 rings (SSSR count). The van der Waals surface area contributed by atoms with Gasteiger partial charge in [-0.3, -0.25) is 4.99 Å². The third-order valence-corrected chi connectivity index (χ3v) is 6.80. The molecular weight excluding hydrogens is 453 g/mol. The quantitative estimate of drug-likeness (QED) is 0.423. The number of anilines is 2. The molecule has 0 saturated heterocycles. The van der Waals surface area contributed by atoms with Crippen LogP contribution in [0.15, 0.2) is 65.7 Å². The topological polar surface area (TPSA) is 76.6 Å². The van der Waals surface area contributed by atoms with Crippen LogP contribution in [0.3, 0.4) is 0 Å². The van der Waals surface area contributed by atoms with Crippen molar-refractivity contribution in [1.29, 1.82) is 0 Å². The van der Waals surface area contributed by atoms with Crippen LogP contribution in [0.25, 0.3) is 11.1 Å². The predicted molar refractivity (Wildman–Crippen MR) is 141 cm³/mol. The number of aryl methyl sites for hydroxylation is 1. The molecule has 7 heteroatoms. The highest BCUT2D eigenvalue weighted by Crippen LogP contribution is 2.35. The number of rotatable bonds is 4. The number of aliphatic imine (C=N–C) groups is 1. The maximum atomic E-state index is 13.5. The molecule has 0 unspecified atom stereocenters. The van der Waals surface area contributed by atoms with E-state index in [4.69, 9.17) is 10.5 Å². The molecule has 36 heavy (non-hydrogen) atoms. The van der Waals surface area contributed by atoms with Crippen molar-refractivity contribution in [2.75, 3.05) is 23.8 Å². The van der Waals surface area contributed by atoms with E-state index in [9.17, 15) is 4.39 Å². The van der Waals surface area contributed by atoms with Gasteiger partial charge in [-0.1, -0.05) is 30.3 Å². The summed E-state index contributed by atoms with van der Waals surface area (Å²) in [4.78, 5) is 15.8. The molecular formula is C29H26FN5O. The van der Waals surface area contributed by atoms with Crippen molar-refractivity contribution in [3.63, 3.8) is 0 Å². The molecule has 0 atom stereocenters. The first-order valence-electron chi connectivity index (χ1n) is 12.1. The molecule has 6 nitrogen and oxygen atoms in total. The van der Waals surface area contributed by atoms with Crippen LogP contribution in [0.2, 0.25) is 0 Å². The molecule has 3 aromatic carbocycles. The molecule has 0 bridgehead atoms. The van der Waals surface area contributed by atoms with Crippen LogP contribution in [0, 0.1) is 12.7 Å². The summed E-state index contributed by atoms with van der Waals surface area (Å²) in [7, 11) is 0. The third-order valence-electron chi connectivity index (χ3n) is 6.80. The van der Waals surface area contributed by atoms with Crippen molar-refractivity contribution in [3.8, 4) is 16.9 Å². The predicted octanol–water partition coefficient (Wildman–Crippen LogP) is 5.42. The highest BCUT2D eigenvalue weighted by atomic mass is 19.1. The molecule has 2 aliphatic heterocycles. The number of nitrogens with two attached hydrogens (primary N) is 1. The van der Waals surface area contributed by atoms with Gasteiger partial charge in [0.15, 0.2) is 0 Å². The molecule has 0 fully saturated rings. The summed E-state index contributed by atoms with van der Waals surface area (Å²) in [6.45, 7) is 3.75. The normalized spacial score (nSPS) is 14.2. The Labute approximate surface area is 209 Å². The third kappa shape index (κ3) is 4.28. The second-order valence-electron chi connectivity index (χ2n) is 9.22. The minimum absolute atomic E-state index is 0.239. The molecule has 2 N–H and O–H groups in total. The zero-order chi connectivity index (χ0) is 24.6. The van der Waals surface area contributed by atoms with Crippen LogP contribution < -0.4 is 15.4 Å². The van der Waals surface area contributed by atoms with Crippen LogP contribution in [0.1, 0.15) is 27.9 Å². The van der Waals surface area contributed by atoms with Gasteiger partial charge in [0.05, 0.1) is 12.2 Å². The number of halogens is 1. The Bertz CT molecular complexity index is 1480. The first-order chi connectivity index (χ1) is 17.5. The Kier molecular flexibility index (Phi) is 5.60. The molecule has 180 valence electrons. The summed E-state index contributed by atoms with van der Waals surface area (Å²) < 4.78 is 19.6. The molecule has 2 aliphatic rings. The Morgan fingerprint density at radius 2 is 1.78 bits per heavy atom. The smallest absolute Gasteiger partial charge is 0.222 e. The van der Waals surface area contributed by atoms with Crippen LogP contribution in [0.4, 0.5) is 21.8 Å². The molecule has 0 saturated carbocycles.